The van der Waals surface area contributed by atoms with Crippen molar-refractivity contribution in [2.24, 2.45) is 11.1 Å². The van der Waals surface area contributed by atoms with Gasteiger partial charge in [-0.2, -0.15) is 12.7 Å². The maximum Gasteiger partial charge on any atom is 0.274 e. The third-order valence-electron chi connectivity index (χ3n) is 7.17. The molecular weight excluding hydrogens is 452 g/mol. The second kappa shape index (κ2) is 9.19. The van der Waals surface area contributed by atoms with Gasteiger partial charge in [0.15, 0.2) is 0 Å². The van der Waals surface area contributed by atoms with Crippen molar-refractivity contribution in [3.8, 4) is 5.75 Å². The van der Waals surface area contributed by atoms with Crippen LogP contribution < -0.4 is 14.6 Å². The summed E-state index contributed by atoms with van der Waals surface area (Å²) in [5.41, 5.74) is 3.70. The largest absolute Gasteiger partial charge is 0.496 e. The molecule has 0 spiro atoms. The number of methoxy groups -OCH3 is 1. The van der Waals surface area contributed by atoms with Crippen LogP contribution in [0.3, 0.4) is 0 Å². The Morgan fingerprint density at radius 1 is 1.22 bits per heavy atom. The van der Waals surface area contributed by atoms with E-state index in [0.717, 1.165) is 50.1 Å². The van der Waals surface area contributed by atoms with Crippen molar-refractivity contribution in [3.63, 3.8) is 0 Å². The zero-order chi connectivity index (χ0) is 23.1. The number of sulfonamides is 1. The van der Waals surface area contributed by atoms with Crippen LogP contribution in [0.25, 0.3) is 0 Å². The number of nitrogens with zero attached hydrogens (tertiary/aromatic N) is 2. The molecule has 0 bridgehead atoms. The van der Waals surface area contributed by atoms with Crippen LogP contribution in [0.4, 0.5) is 0 Å². The van der Waals surface area contributed by atoms with Crippen LogP contribution in [0.2, 0.25) is 0 Å². The van der Waals surface area contributed by atoms with Crippen molar-refractivity contribution >= 4 is 20.2 Å². The summed E-state index contributed by atoms with van der Waals surface area (Å²) >= 11 is 0. The molecule has 2 saturated heterocycles. The van der Waals surface area contributed by atoms with E-state index in [4.69, 9.17) is 9.88 Å². The monoisotopic (exact) mass is 486 g/mol. The highest BCUT2D eigenvalue weighted by Gasteiger charge is 2.45. The molecule has 9 nitrogen and oxygen atoms in total. The van der Waals surface area contributed by atoms with Gasteiger partial charge in [0, 0.05) is 38.3 Å². The summed E-state index contributed by atoms with van der Waals surface area (Å²) < 4.78 is 57.9. The molecule has 3 N–H and O–H groups in total. The van der Waals surface area contributed by atoms with Crippen molar-refractivity contribution < 1.29 is 21.6 Å². The first-order valence-electron chi connectivity index (χ1n) is 11.3. The third kappa shape index (κ3) is 4.97. The number of nitrogens with one attached hydrogen (secondary N) is 1. The molecule has 11 heteroatoms. The number of hydrogen-bond acceptors (Lipinski definition) is 6. The zero-order valence-electron chi connectivity index (χ0n) is 18.8. The fraction of sp³-hybridized carbons (Fsp3) is 0.714. The maximum absolute atomic E-state index is 13.2. The molecule has 1 aromatic carbocycles. The van der Waals surface area contributed by atoms with E-state index < -0.39 is 20.2 Å². The van der Waals surface area contributed by atoms with Gasteiger partial charge in [-0.05, 0) is 67.7 Å². The lowest BCUT2D eigenvalue weighted by molar-refractivity contribution is 0.0219. The van der Waals surface area contributed by atoms with Gasteiger partial charge in [0.05, 0.1) is 12.9 Å². The van der Waals surface area contributed by atoms with Gasteiger partial charge in [-0.1, -0.05) is 6.07 Å². The van der Waals surface area contributed by atoms with Gasteiger partial charge in [0.25, 0.3) is 10.2 Å². The number of rotatable bonds is 7. The molecule has 0 aliphatic carbocycles. The lowest BCUT2D eigenvalue weighted by atomic mass is 9.77. The van der Waals surface area contributed by atoms with Crippen LogP contribution in [0.5, 0.6) is 5.75 Å². The number of aryl methyl sites for hydroxylation is 1. The highest BCUT2D eigenvalue weighted by atomic mass is 32.2. The lowest BCUT2D eigenvalue weighted by Gasteiger charge is -2.51. The molecule has 0 amide bonds. The van der Waals surface area contributed by atoms with Crippen LogP contribution in [0, 0.1) is 12.8 Å². The summed E-state index contributed by atoms with van der Waals surface area (Å²) in [7, 11) is -5.60. The third-order valence-corrected chi connectivity index (χ3v) is 9.74. The van der Waals surface area contributed by atoms with Crippen molar-refractivity contribution in [2.45, 2.75) is 51.1 Å². The zero-order valence-corrected chi connectivity index (χ0v) is 20.4. The minimum Gasteiger partial charge on any atom is -0.496 e. The fourth-order valence-corrected chi connectivity index (χ4v) is 7.95. The summed E-state index contributed by atoms with van der Waals surface area (Å²) in [5.74, 6) is 1.15. The Morgan fingerprint density at radius 2 is 2.00 bits per heavy atom. The van der Waals surface area contributed by atoms with Crippen molar-refractivity contribution in [1.29, 1.82) is 0 Å². The smallest absolute Gasteiger partial charge is 0.274 e. The van der Waals surface area contributed by atoms with Crippen molar-refractivity contribution in [2.75, 3.05) is 39.0 Å². The van der Waals surface area contributed by atoms with E-state index in [2.05, 4.69) is 28.7 Å². The standard InChI is InChI=1S/C21H34N4O5S2/c1-15-11-18-16(12-21(15)30-2)6-9-24-14-17-5-3-8-25(19(17)13-20(18)24)31(26,27)10-4-7-23-32(22,28)29/h11-12,17,19-20,23H,3-10,13-14H2,1-2H3,(H2,22,28,29)/t17-,19+,20-/m0/s1. The average molecular weight is 487 g/mol. The average Bonchev–Trinajstić information content (AvgIpc) is 2.74. The first-order valence-corrected chi connectivity index (χ1v) is 14.4. The first kappa shape index (κ1) is 23.9. The summed E-state index contributed by atoms with van der Waals surface area (Å²) in [6.07, 6.45) is 3.88. The topological polar surface area (TPSA) is 122 Å². The highest BCUT2D eigenvalue weighted by Crippen LogP contribution is 2.44. The van der Waals surface area contributed by atoms with E-state index in [9.17, 15) is 16.8 Å². The molecule has 32 heavy (non-hydrogen) atoms. The van der Waals surface area contributed by atoms with Crippen LogP contribution >= 0.6 is 0 Å². The molecule has 0 saturated carbocycles. The van der Waals surface area contributed by atoms with Gasteiger partial charge >= 0.3 is 0 Å². The number of ether oxygens (including phenoxy) is 1. The quantitative estimate of drug-likeness (QED) is 0.552. The number of nitrogens with two attached hydrogens (primary N) is 1. The Balaban J connectivity index is 1.52. The first-order chi connectivity index (χ1) is 15.1. The molecule has 4 rings (SSSR count). The summed E-state index contributed by atoms with van der Waals surface area (Å²) in [5, 5.41) is 4.93. The Kier molecular flexibility index (Phi) is 6.86. The van der Waals surface area contributed by atoms with Gasteiger partial charge in [-0.25, -0.2) is 18.3 Å². The Hall–Kier alpha value is -1.24. The van der Waals surface area contributed by atoms with Crippen LogP contribution in [-0.2, 0) is 26.7 Å². The molecule has 0 aromatic heterocycles. The molecule has 3 aliphatic rings. The van der Waals surface area contributed by atoms with Crippen LogP contribution in [0.1, 0.15) is 48.4 Å². The van der Waals surface area contributed by atoms with Gasteiger partial charge < -0.3 is 4.74 Å². The second-order valence-electron chi connectivity index (χ2n) is 9.21. The van der Waals surface area contributed by atoms with Crippen LogP contribution in [0.15, 0.2) is 12.1 Å². The fourth-order valence-electron chi connectivity index (χ4n) is 5.70. The second-order valence-corrected chi connectivity index (χ2v) is 12.6. The van der Waals surface area contributed by atoms with Gasteiger partial charge in [-0.15, -0.1) is 0 Å². The predicted molar refractivity (Wildman–Crippen MR) is 123 cm³/mol. The van der Waals surface area contributed by atoms with Crippen molar-refractivity contribution in [1.82, 2.24) is 13.9 Å². The van der Waals surface area contributed by atoms with E-state index in [1.54, 1.807) is 11.4 Å². The maximum atomic E-state index is 13.2. The Labute approximate surface area is 191 Å². The molecule has 3 aliphatic heterocycles. The molecular formula is C21H34N4O5S2. The molecule has 2 fully saturated rings. The van der Waals surface area contributed by atoms with Gasteiger partial charge in [0.1, 0.15) is 5.75 Å². The molecule has 3 heterocycles. The molecule has 0 unspecified atom stereocenters. The van der Waals surface area contributed by atoms with Gasteiger partial charge in [0.2, 0.25) is 10.0 Å². The number of benzene rings is 1. The number of fused-ring (bicyclic) bond motifs is 4. The molecule has 3 atom stereocenters. The lowest BCUT2D eigenvalue weighted by Crippen LogP contribution is -2.57. The normalized spacial score (nSPS) is 26.8. The highest BCUT2D eigenvalue weighted by molar-refractivity contribution is 7.89. The number of piperidine rings is 2. The summed E-state index contributed by atoms with van der Waals surface area (Å²) in [4.78, 5) is 2.53. The van der Waals surface area contributed by atoms with Gasteiger partial charge in [-0.3, -0.25) is 4.90 Å². The minimum atomic E-state index is -3.81. The Morgan fingerprint density at radius 3 is 2.72 bits per heavy atom. The summed E-state index contributed by atoms with van der Waals surface area (Å²) in [6.45, 7) is 4.51. The van der Waals surface area contributed by atoms with Crippen molar-refractivity contribution in [3.05, 3.63) is 28.8 Å². The predicted octanol–water partition coefficient (Wildman–Crippen LogP) is 0.900. The van der Waals surface area contributed by atoms with Crippen LogP contribution in [-0.4, -0.2) is 71.1 Å². The van der Waals surface area contributed by atoms with E-state index in [-0.39, 0.29) is 30.8 Å². The molecule has 1 aromatic rings. The van der Waals surface area contributed by atoms with E-state index in [0.29, 0.717) is 12.5 Å². The van der Waals surface area contributed by atoms with E-state index >= 15 is 0 Å². The SMILES string of the molecule is COc1cc2c(cc1C)[C@@H]1C[C@@H]3[C@@H](CCCN3S(=O)(=O)CCCNS(N)(=O)=O)CN1CC2. The molecule has 180 valence electrons. The Bertz CT molecular complexity index is 1060. The summed E-state index contributed by atoms with van der Waals surface area (Å²) in [6, 6.07) is 4.55. The van der Waals surface area contributed by atoms with E-state index in [1.807, 2.05) is 0 Å². The molecule has 0 radical (unpaired) electrons. The number of hydrogen-bond donors (Lipinski definition) is 2. The minimum absolute atomic E-state index is 0.0187. The van der Waals surface area contributed by atoms with E-state index in [1.165, 1.54) is 11.1 Å².